The Kier molecular flexibility index (Phi) is 3.66. The molecule has 1 aliphatic carbocycles. The van der Waals surface area contributed by atoms with E-state index in [4.69, 9.17) is 15.6 Å². The number of nitrogens with zero attached hydrogens (tertiary/aromatic N) is 2. The number of hydrogen-bond donors (Lipinski definition) is 2. The number of esters is 1. The van der Waals surface area contributed by atoms with Crippen molar-refractivity contribution in [2.75, 3.05) is 18.9 Å². The molecule has 6 nitrogen and oxygen atoms in total. The van der Waals surface area contributed by atoms with Gasteiger partial charge in [0.1, 0.15) is 5.82 Å². The Balaban J connectivity index is 2.17. The van der Waals surface area contributed by atoms with E-state index < -0.39 is 5.97 Å². The van der Waals surface area contributed by atoms with Crippen LogP contribution < -0.4 is 5.73 Å². The zero-order chi connectivity index (χ0) is 13.1. The number of ether oxygens (including phenoxy) is 1. The van der Waals surface area contributed by atoms with Gasteiger partial charge in [0.2, 0.25) is 0 Å². The summed E-state index contributed by atoms with van der Waals surface area (Å²) in [6.45, 7) is 2.14. The number of carbonyl (C=O) groups is 1. The molecule has 0 bridgehead atoms. The molecule has 0 saturated carbocycles. The predicted molar refractivity (Wildman–Crippen MR) is 66.0 cm³/mol. The highest BCUT2D eigenvalue weighted by Gasteiger charge is 2.24. The molecule has 0 saturated heterocycles. The van der Waals surface area contributed by atoms with Crippen LogP contribution >= 0.6 is 0 Å². The van der Waals surface area contributed by atoms with Gasteiger partial charge in [0.05, 0.1) is 19.0 Å². The van der Waals surface area contributed by atoms with Crippen molar-refractivity contribution in [2.45, 2.75) is 19.4 Å². The average molecular weight is 251 g/mol. The fourth-order valence-corrected chi connectivity index (χ4v) is 2.09. The van der Waals surface area contributed by atoms with Crippen molar-refractivity contribution in [3.8, 4) is 0 Å². The molecule has 0 fully saturated rings. The summed E-state index contributed by atoms with van der Waals surface area (Å²) in [6, 6.07) is 0.0397. The monoisotopic (exact) mass is 251 g/mol. The minimum absolute atomic E-state index is 0.0397. The zero-order valence-electron chi connectivity index (χ0n) is 10.2. The molecular weight excluding hydrogens is 234 g/mol. The second kappa shape index (κ2) is 5.22. The first-order chi connectivity index (χ1) is 8.67. The van der Waals surface area contributed by atoms with Gasteiger partial charge >= 0.3 is 5.97 Å². The smallest absolute Gasteiger partial charge is 0.360 e. The number of nitrogens with two attached hydrogens (primary N) is 1. The molecule has 0 amide bonds. The molecule has 1 heterocycles. The number of allylic oxidation sites excluding steroid dienone is 1. The molecule has 1 aliphatic rings. The van der Waals surface area contributed by atoms with E-state index in [2.05, 4.69) is 4.98 Å². The van der Waals surface area contributed by atoms with Gasteiger partial charge in [-0.2, -0.15) is 0 Å². The van der Waals surface area contributed by atoms with Crippen molar-refractivity contribution in [2.24, 2.45) is 5.92 Å². The fraction of sp³-hybridized carbons (Fsp3) is 0.500. The molecule has 3 N–H and O–H groups in total. The minimum atomic E-state index is -0.505. The van der Waals surface area contributed by atoms with Crippen LogP contribution in [0.3, 0.4) is 0 Å². The van der Waals surface area contributed by atoms with Crippen LogP contribution in [0.1, 0.15) is 29.9 Å². The van der Waals surface area contributed by atoms with Crippen LogP contribution in [0.2, 0.25) is 0 Å². The maximum atomic E-state index is 11.6. The zero-order valence-corrected chi connectivity index (χ0v) is 10.2. The van der Waals surface area contributed by atoms with E-state index in [1.165, 1.54) is 6.33 Å². The average Bonchev–Trinajstić information content (AvgIpc) is 2.95. The molecule has 6 heteroatoms. The van der Waals surface area contributed by atoms with Gasteiger partial charge in [0.25, 0.3) is 0 Å². The van der Waals surface area contributed by atoms with Gasteiger partial charge in [-0.25, -0.2) is 9.78 Å². The molecular formula is C12H17N3O3. The summed E-state index contributed by atoms with van der Waals surface area (Å²) in [5, 5.41) is 9.08. The van der Waals surface area contributed by atoms with Gasteiger partial charge in [-0.3, -0.25) is 0 Å². The summed E-state index contributed by atoms with van der Waals surface area (Å²) in [6.07, 6.45) is 6.22. The quantitative estimate of drug-likeness (QED) is 0.608. The number of hydrogen-bond acceptors (Lipinski definition) is 5. The Morgan fingerprint density at radius 1 is 1.67 bits per heavy atom. The van der Waals surface area contributed by atoms with Crippen LogP contribution in [0.15, 0.2) is 18.5 Å². The van der Waals surface area contributed by atoms with Gasteiger partial charge in [0.15, 0.2) is 5.69 Å². The standard InChI is InChI=1S/C12H17N3O3/c1-2-18-12(17)10-11(13)15(7-14-10)9-4-3-8(5-9)6-16/h3-4,7-9,16H,2,5-6,13H2,1H3/t8-,9+/m1/s1. The molecule has 2 rings (SSSR count). The first-order valence-electron chi connectivity index (χ1n) is 5.96. The van der Waals surface area contributed by atoms with Gasteiger partial charge < -0.3 is 20.1 Å². The number of nitrogen functional groups attached to an aromatic ring is 1. The predicted octanol–water partition coefficient (Wildman–Crippen LogP) is 0.752. The van der Waals surface area contributed by atoms with Crippen LogP contribution in [0.4, 0.5) is 5.82 Å². The van der Waals surface area contributed by atoms with Gasteiger partial charge in [-0.15, -0.1) is 0 Å². The molecule has 0 aromatic carbocycles. The number of carbonyl (C=O) groups excluding carboxylic acids is 1. The first kappa shape index (κ1) is 12.6. The molecule has 2 atom stereocenters. The second-order valence-corrected chi connectivity index (χ2v) is 4.24. The molecule has 98 valence electrons. The molecule has 0 spiro atoms. The Hall–Kier alpha value is -1.82. The van der Waals surface area contributed by atoms with E-state index >= 15 is 0 Å². The third-order valence-corrected chi connectivity index (χ3v) is 3.04. The summed E-state index contributed by atoms with van der Waals surface area (Å²) in [5.74, 6) is -0.0565. The van der Waals surface area contributed by atoms with Crippen LogP contribution in [-0.4, -0.2) is 33.8 Å². The van der Waals surface area contributed by atoms with Crippen molar-refractivity contribution >= 4 is 11.8 Å². The summed E-state index contributed by atoms with van der Waals surface area (Å²) in [4.78, 5) is 15.6. The summed E-state index contributed by atoms with van der Waals surface area (Å²) in [7, 11) is 0. The number of aromatic nitrogens is 2. The lowest BCUT2D eigenvalue weighted by molar-refractivity contribution is 0.0521. The number of imidazole rings is 1. The Morgan fingerprint density at radius 2 is 2.44 bits per heavy atom. The lowest BCUT2D eigenvalue weighted by atomic mass is 10.1. The number of rotatable bonds is 4. The Morgan fingerprint density at radius 3 is 3.06 bits per heavy atom. The van der Waals surface area contributed by atoms with Gasteiger partial charge in [0, 0.05) is 12.5 Å². The van der Waals surface area contributed by atoms with Gasteiger partial charge in [-0.1, -0.05) is 12.2 Å². The molecule has 0 aliphatic heterocycles. The van der Waals surface area contributed by atoms with E-state index in [1.807, 2.05) is 12.2 Å². The molecule has 1 aromatic heterocycles. The highest BCUT2D eigenvalue weighted by atomic mass is 16.5. The van der Waals surface area contributed by atoms with E-state index in [0.29, 0.717) is 12.4 Å². The lowest BCUT2D eigenvalue weighted by Gasteiger charge is -2.13. The van der Waals surface area contributed by atoms with Crippen LogP contribution in [0.25, 0.3) is 0 Å². The number of anilines is 1. The van der Waals surface area contributed by atoms with Crippen LogP contribution in [0, 0.1) is 5.92 Å². The number of aliphatic hydroxyl groups is 1. The van der Waals surface area contributed by atoms with Crippen LogP contribution in [0.5, 0.6) is 0 Å². The van der Waals surface area contributed by atoms with Crippen molar-refractivity contribution in [3.05, 3.63) is 24.2 Å². The highest BCUT2D eigenvalue weighted by molar-refractivity contribution is 5.92. The van der Waals surface area contributed by atoms with E-state index in [-0.39, 0.29) is 24.3 Å². The second-order valence-electron chi connectivity index (χ2n) is 4.24. The maximum Gasteiger partial charge on any atom is 0.360 e. The van der Waals surface area contributed by atoms with Crippen molar-refractivity contribution in [1.82, 2.24) is 9.55 Å². The fourth-order valence-electron chi connectivity index (χ4n) is 2.09. The normalized spacial score (nSPS) is 22.3. The van der Waals surface area contributed by atoms with Crippen molar-refractivity contribution < 1.29 is 14.6 Å². The Labute approximate surface area is 105 Å². The summed E-state index contributed by atoms with van der Waals surface area (Å²) >= 11 is 0. The third-order valence-electron chi connectivity index (χ3n) is 3.04. The van der Waals surface area contributed by atoms with Crippen molar-refractivity contribution in [1.29, 1.82) is 0 Å². The SMILES string of the molecule is CCOC(=O)c1ncn([C@H]2C=C[C@@H](CO)C2)c1N. The lowest BCUT2D eigenvalue weighted by Crippen LogP contribution is -2.13. The summed E-state index contributed by atoms with van der Waals surface area (Å²) in [5.41, 5.74) is 6.06. The van der Waals surface area contributed by atoms with E-state index in [9.17, 15) is 4.79 Å². The number of aliphatic hydroxyl groups excluding tert-OH is 1. The van der Waals surface area contributed by atoms with E-state index in [0.717, 1.165) is 6.42 Å². The molecule has 0 unspecified atom stereocenters. The molecule has 18 heavy (non-hydrogen) atoms. The van der Waals surface area contributed by atoms with E-state index in [1.54, 1.807) is 11.5 Å². The minimum Gasteiger partial charge on any atom is -0.461 e. The topological polar surface area (TPSA) is 90.4 Å². The largest absolute Gasteiger partial charge is 0.461 e. The van der Waals surface area contributed by atoms with Gasteiger partial charge in [-0.05, 0) is 13.3 Å². The van der Waals surface area contributed by atoms with Crippen molar-refractivity contribution in [3.63, 3.8) is 0 Å². The maximum absolute atomic E-state index is 11.6. The summed E-state index contributed by atoms with van der Waals surface area (Å²) < 4.78 is 6.61. The first-order valence-corrected chi connectivity index (χ1v) is 5.96. The molecule has 0 radical (unpaired) electrons. The van der Waals surface area contributed by atoms with Crippen LogP contribution in [-0.2, 0) is 4.74 Å². The third kappa shape index (κ3) is 2.24. The Bertz CT molecular complexity index is 467. The molecule has 1 aromatic rings. The highest BCUT2D eigenvalue weighted by Crippen LogP contribution is 2.30.